The topological polar surface area (TPSA) is 20.3 Å². The van der Waals surface area contributed by atoms with Crippen molar-refractivity contribution >= 4 is 29.3 Å². The number of thioether (sulfide) groups is 2. The van der Waals surface area contributed by atoms with Gasteiger partial charge in [0.2, 0.25) is 0 Å². The fourth-order valence-corrected chi connectivity index (χ4v) is 8.91. The fourth-order valence-electron chi connectivity index (χ4n) is 5.35. The lowest BCUT2D eigenvalue weighted by atomic mass is 9.71. The summed E-state index contributed by atoms with van der Waals surface area (Å²) in [6, 6.07) is 9.45. The van der Waals surface area contributed by atoms with Crippen LogP contribution in [-0.4, -0.2) is 32.8 Å². The molecule has 5 rings (SSSR count). The van der Waals surface area contributed by atoms with E-state index in [-0.39, 0.29) is 9.49 Å². The highest BCUT2D eigenvalue weighted by Crippen LogP contribution is 2.61. The van der Waals surface area contributed by atoms with Gasteiger partial charge in [0.25, 0.3) is 0 Å². The van der Waals surface area contributed by atoms with Crippen molar-refractivity contribution < 1.29 is 4.79 Å². The Balaban J connectivity index is 1.68. The third kappa shape index (κ3) is 2.59. The summed E-state index contributed by atoms with van der Waals surface area (Å²) >= 11 is 4.13. The highest BCUT2D eigenvalue weighted by atomic mass is 32.2. The molecule has 1 saturated heterocycles. The largest absolute Gasteiger partial charge is 0.367 e. The molecule has 4 aliphatic rings. The van der Waals surface area contributed by atoms with Gasteiger partial charge >= 0.3 is 0 Å². The molecule has 2 nitrogen and oxygen atoms in total. The standard InChI is InChI=1S/C22H27NOS2/c1-21(2)12-18-20(19(24)14-21)22(25-10-5-11-26-22)13-17-16-7-4-3-6-15(16)8-9-23(17)18/h3-4,6-7,17H,5,8-14H2,1-2H3. The zero-order valence-electron chi connectivity index (χ0n) is 15.7. The van der Waals surface area contributed by atoms with Crippen LogP contribution in [0.1, 0.15) is 56.7 Å². The quantitative estimate of drug-likeness (QED) is 0.611. The van der Waals surface area contributed by atoms with E-state index in [0.29, 0.717) is 18.2 Å². The maximum Gasteiger partial charge on any atom is 0.163 e. The number of allylic oxidation sites excluding steroid dienone is 1. The molecule has 138 valence electrons. The van der Waals surface area contributed by atoms with E-state index in [1.54, 1.807) is 0 Å². The first kappa shape index (κ1) is 17.2. The van der Waals surface area contributed by atoms with Crippen LogP contribution < -0.4 is 0 Å². The van der Waals surface area contributed by atoms with E-state index in [4.69, 9.17) is 0 Å². The van der Waals surface area contributed by atoms with Gasteiger partial charge in [-0.2, -0.15) is 0 Å². The predicted octanol–water partition coefficient (Wildman–Crippen LogP) is 5.20. The van der Waals surface area contributed by atoms with Crippen molar-refractivity contribution in [2.75, 3.05) is 18.1 Å². The molecule has 1 aromatic carbocycles. The monoisotopic (exact) mass is 385 g/mol. The summed E-state index contributed by atoms with van der Waals surface area (Å²) in [6.45, 7) is 5.60. The average Bonchev–Trinajstić information content (AvgIpc) is 2.61. The minimum Gasteiger partial charge on any atom is -0.367 e. The number of Topliss-reactive ketones (excluding diaryl/α,β-unsaturated/α-hetero) is 1. The molecule has 0 amide bonds. The van der Waals surface area contributed by atoms with Crippen molar-refractivity contribution in [3.63, 3.8) is 0 Å². The molecule has 0 bridgehead atoms. The predicted molar refractivity (Wildman–Crippen MR) is 112 cm³/mol. The molecule has 1 aliphatic carbocycles. The number of benzene rings is 1. The van der Waals surface area contributed by atoms with Crippen molar-refractivity contribution in [1.82, 2.24) is 4.90 Å². The van der Waals surface area contributed by atoms with Crippen molar-refractivity contribution in [3.8, 4) is 0 Å². The van der Waals surface area contributed by atoms with Crippen molar-refractivity contribution in [3.05, 3.63) is 46.7 Å². The molecule has 1 aromatic rings. The lowest BCUT2D eigenvalue weighted by Crippen LogP contribution is -2.50. The normalized spacial score (nSPS) is 29.2. The second-order valence-electron chi connectivity index (χ2n) is 8.93. The summed E-state index contributed by atoms with van der Waals surface area (Å²) in [7, 11) is 0. The first-order valence-electron chi connectivity index (χ1n) is 9.88. The third-order valence-electron chi connectivity index (χ3n) is 6.41. The number of fused-ring (bicyclic) bond motifs is 5. The number of carbonyl (C=O) groups is 1. The van der Waals surface area contributed by atoms with Gasteiger partial charge in [0, 0.05) is 30.7 Å². The van der Waals surface area contributed by atoms with E-state index in [1.807, 2.05) is 0 Å². The molecular weight excluding hydrogens is 358 g/mol. The van der Waals surface area contributed by atoms with E-state index in [9.17, 15) is 4.79 Å². The molecule has 4 heteroatoms. The summed E-state index contributed by atoms with van der Waals surface area (Å²) in [5.41, 5.74) is 5.69. The fraction of sp³-hybridized carbons (Fsp3) is 0.591. The number of ketones is 1. The van der Waals surface area contributed by atoms with Gasteiger partial charge in [-0.05, 0) is 47.3 Å². The molecule has 0 N–H and O–H groups in total. The van der Waals surface area contributed by atoms with Crippen LogP contribution in [0.2, 0.25) is 0 Å². The van der Waals surface area contributed by atoms with Crippen LogP contribution in [0.25, 0.3) is 0 Å². The van der Waals surface area contributed by atoms with Gasteiger partial charge < -0.3 is 4.90 Å². The van der Waals surface area contributed by atoms with E-state index in [0.717, 1.165) is 25.8 Å². The van der Waals surface area contributed by atoms with Crippen LogP contribution in [-0.2, 0) is 11.2 Å². The van der Waals surface area contributed by atoms with E-state index >= 15 is 0 Å². The van der Waals surface area contributed by atoms with Crippen LogP contribution in [0.3, 0.4) is 0 Å². The van der Waals surface area contributed by atoms with Gasteiger partial charge in [-0.25, -0.2) is 0 Å². The van der Waals surface area contributed by atoms with Gasteiger partial charge in [0.15, 0.2) is 5.78 Å². The average molecular weight is 386 g/mol. The van der Waals surface area contributed by atoms with Crippen molar-refractivity contribution in [2.24, 2.45) is 5.41 Å². The summed E-state index contributed by atoms with van der Waals surface area (Å²) in [5, 5.41) is 0. The van der Waals surface area contributed by atoms with Crippen LogP contribution in [0, 0.1) is 5.41 Å². The van der Waals surface area contributed by atoms with Gasteiger partial charge in [0.1, 0.15) is 0 Å². The Labute approximate surface area is 165 Å². The minimum absolute atomic E-state index is 0.00716. The van der Waals surface area contributed by atoms with Crippen molar-refractivity contribution in [2.45, 2.75) is 56.1 Å². The number of hydrogen-bond donors (Lipinski definition) is 0. The molecule has 1 atom stereocenters. The SMILES string of the molecule is CC1(C)CC(=O)C2=C(C1)N1CCc3ccccc3C1CC21SCCCS1. The Morgan fingerprint density at radius 1 is 1.12 bits per heavy atom. The number of nitrogens with zero attached hydrogens (tertiary/aromatic N) is 1. The highest BCUT2D eigenvalue weighted by Gasteiger charge is 2.53. The molecule has 1 fully saturated rings. The van der Waals surface area contributed by atoms with Gasteiger partial charge in [-0.3, -0.25) is 4.79 Å². The summed E-state index contributed by atoms with van der Waals surface area (Å²) in [5.74, 6) is 2.80. The summed E-state index contributed by atoms with van der Waals surface area (Å²) < 4.78 is -0.00716. The second kappa shape index (κ2) is 6.07. The zero-order chi connectivity index (χ0) is 17.9. The molecule has 3 aliphatic heterocycles. The van der Waals surface area contributed by atoms with Gasteiger partial charge in [-0.1, -0.05) is 38.1 Å². The van der Waals surface area contributed by atoms with E-state index in [2.05, 4.69) is 66.5 Å². The molecule has 3 heterocycles. The summed E-state index contributed by atoms with van der Waals surface area (Å²) in [6.07, 6.45) is 5.22. The molecule has 0 radical (unpaired) electrons. The first-order chi connectivity index (χ1) is 12.5. The Hall–Kier alpha value is -0.870. The maximum atomic E-state index is 13.3. The zero-order valence-corrected chi connectivity index (χ0v) is 17.3. The smallest absolute Gasteiger partial charge is 0.163 e. The van der Waals surface area contributed by atoms with Gasteiger partial charge in [0.05, 0.1) is 10.1 Å². The number of rotatable bonds is 0. The van der Waals surface area contributed by atoms with Crippen LogP contribution in [0.15, 0.2) is 35.5 Å². The number of hydrogen-bond acceptors (Lipinski definition) is 4. The molecular formula is C22H27NOS2. The van der Waals surface area contributed by atoms with Crippen LogP contribution >= 0.6 is 23.5 Å². The lowest BCUT2D eigenvalue weighted by Gasteiger charge is -2.55. The lowest BCUT2D eigenvalue weighted by molar-refractivity contribution is -0.119. The Morgan fingerprint density at radius 3 is 2.69 bits per heavy atom. The Kier molecular flexibility index (Phi) is 4.02. The number of carbonyl (C=O) groups excluding carboxylic acids is 1. The molecule has 1 unspecified atom stereocenters. The third-order valence-corrected chi connectivity index (χ3v) is 9.78. The Morgan fingerprint density at radius 2 is 1.88 bits per heavy atom. The maximum absolute atomic E-state index is 13.3. The molecule has 26 heavy (non-hydrogen) atoms. The minimum atomic E-state index is -0.00716. The van der Waals surface area contributed by atoms with Crippen LogP contribution in [0.5, 0.6) is 0 Å². The molecule has 1 spiro atoms. The second-order valence-corrected chi connectivity index (χ2v) is 12.0. The van der Waals surface area contributed by atoms with Crippen LogP contribution in [0.4, 0.5) is 0 Å². The van der Waals surface area contributed by atoms with E-state index in [1.165, 1.54) is 40.3 Å². The van der Waals surface area contributed by atoms with E-state index < -0.39 is 0 Å². The summed E-state index contributed by atoms with van der Waals surface area (Å²) in [4.78, 5) is 15.9. The first-order valence-corrected chi connectivity index (χ1v) is 11.9. The molecule has 0 saturated carbocycles. The Bertz CT molecular complexity index is 791. The van der Waals surface area contributed by atoms with Crippen molar-refractivity contribution in [1.29, 1.82) is 0 Å². The molecule has 0 aromatic heterocycles. The highest BCUT2D eigenvalue weighted by molar-refractivity contribution is 8.19. The van der Waals surface area contributed by atoms with Gasteiger partial charge in [-0.15, -0.1) is 23.5 Å².